The predicted octanol–water partition coefficient (Wildman–Crippen LogP) is 2.42. The van der Waals surface area contributed by atoms with Crippen molar-refractivity contribution in [2.24, 2.45) is 11.1 Å². The third kappa shape index (κ3) is 6.37. The van der Waals surface area contributed by atoms with Gasteiger partial charge in [-0.3, -0.25) is 4.79 Å². The van der Waals surface area contributed by atoms with E-state index in [-0.39, 0.29) is 30.6 Å². The first-order valence-electron chi connectivity index (χ1n) is 7.75. The highest BCUT2D eigenvalue weighted by molar-refractivity contribution is 5.85. The summed E-state index contributed by atoms with van der Waals surface area (Å²) in [5.74, 6) is -0.357. The molecule has 1 aromatic rings. The molecular formula is C16H22ClF3N2O3. The Morgan fingerprint density at radius 3 is 2.36 bits per heavy atom. The Hall–Kier alpha value is -1.51. The largest absolute Gasteiger partial charge is 0.573 e. The molecule has 0 aromatic heterocycles. The number of carbonyl (C=O) groups is 1. The molecule has 3 N–H and O–H groups in total. The number of carbonyl (C=O) groups excluding carboxylic acids is 1. The van der Waals surface area contributed by atoms with E-state index in [2.05, 4.69) is 10.1 Å². The molecule has 1 amide bonds. The van der Waals surface area contributed by atoms with Crippen molar-refractivity contribution in [1.29, 1.82) is 0 Å². The molecule has 0 saturated carbocycles. The number of nitrogens with one attached hydrogen (secondary N) is 1. The van der Waals surface area contributed by atoms with Crippen molar-refractivity contribution in [1.82, 2.24) is 5.32 Å². The third-order valence-corrected chi connectivity index (χ3v) is 4.18. The second kappa shape index (κ2) is 9.26. The number of nitrogens with two attached hydrogens (primary N) is 1. The normalized spacial score (nSPS) is 16.6. The van der Waals surface area contributed by atoms with E-state index in [9.17, 15) is 18.0 Å². The molecule has 1 fully saturated rings. The molecule has 1 aliphatic heterocycles. The highest BCUT2D eigenvalue weighted by Crippen LogP contribution is 2.29. The Kier molecular flexibility index (Phi) is 7.98. The highest BCUT2D eigenvalue weighted by Gasteiger charge is 2.38. The minimum atomic E-state index is -4.70. The van der Waals surface area contributed by atoms with Crippen LogP contribution in [0.2, 0.25) is 0 Å². The summed E-state index contributed by atoms with van der Waals surface area (Å²) in [6.07, 6.45) is -3.00. The Bertz CT molecular complexity index is 547. The van der Waals surface area contributed by atoms with Crippen LogP contribution in [0.4, 0.5) is 13.2 Å². The SMILES string of the molecule is Cl.NCC1(C(=O)NCCc2ccc(OC(F)(F)F)cc2)CCOCC1. The van der Waals surface area contributed by atoms with Crippen LogP contribution in [-0.2, 0) is 16.0 Å². The summed E-state index contributed by atoms with van der Waals surface area (Å²) >= 11 is 0. The van der Waals surface area contributed by atoms with Gasteiger partial charge in [0.2, 0.25) is 5.91 Å². The van der Waals surface area contributed by atoms with E-state index in [1.807, 2.05) is 0 Å². The quantitative estimate of drug-likeness (QED) is 0.792. The summed E-state index contributed by atoms with van der Waals surface area (Å²) in [6, 6.07) is 5.59. The molecular weight excluding hydrogens is 361 g/mol. The first-order valence-corrected chi connectivity index (χ1v) is 7.75. The summed E-state index contributed by atoms with van der Waals surface area (Å²) in [7, 11) is 0. The number of hydrogen-bond donors (Lipinski definition) is 2. The van der Waals surface area contributed by atoms with Crippen molar-refractivity contribution in [3.63, 3.8) is 0 Å². The van der Waals surface area contributed by atoms with E-state index in [1.165, 1.54) is 12.1 Å². The van der Waals surface area contributed by atoms with Crippen LogP contribution < -0.4 is 15.8 Å². The summed E-state index contributed by atoms with van der Waals surface area (Å²) in [5, 5.41) is 2.86. The van der Waals surface area contributed by atoms with Crippen LogP contribution in [0.3, 0.4) is 0 Å². The molecule has 1 saturated heterocycles. The summed E-state index contributed by atoms with van der Waals surface area (Å²) < 4.78 is 45.4. The molecule has 0 radical (unpaired) electrons. The molecule has 2 rings (SSSR count). The predicted molar refractivity (Wildman–Crippen MR) is 88.6 cm³/mol. The lowest BCUT2D eigenvalue weighted by molar-refractivity contribution is -0.274. The van der Waals surface area contributed by atoms with E-state index < -0.39 is 11.8 Å². The van der Waals surface area contributed by atoms with Crippen molar-refractivity contribution in [3.8, 4) is 5.75 Å². The number of ether oxygens (including phenoxy) is 2. The van der Waals surface area contributed by atoms with Gasteiger partial charge >= 0.3 is 6.36 Å². The summed E-state index contributed by atoms with van der Waals surface area (Å²) in [5.41, 5.74) is 5.99. The van der Waals surface area contributed by atoms with Gasteiger partial charge in [0.1, 0.15) is 5.75 Å². The molecule has 1 aliphatic rings. The van der Waals surface area contributed by atoms with Crippen molar-refractivity contribution in [2.45, 2.75) is 25.6 Å². The number of alkyl halides is 3. The Labute approximate surface area is 150 Å². The fourth-order valence-electron chi connectivity index (χ4n) is 2.65. The number of amides is 1. The van der Waals surface area contributed by atoms with E-state index in [1.54, 1.807) is 12.1 Å². The zero-order valence-corrected chi connectivity index (χ0v) is 14.4. The third-order valence-electron chi connectivity index (χ3n) is 4.18. The van der Waals surface area contributed by atoms with Crippen LogP contribution in [0.1, 0.15) is 18.4 Å². The summed E-state index contributed by atoms with van der Waals surface area (Å²) in [4.78, 5) is 12.4. The fourth-order valence-corrected chi connectivity index (χ4v) is 2.65. The molecule has 142 valence electrons. The lowest BCUT2D eigenvalue weighted by Gasteiger charge is -2.34. The number of halogens is 4. The zero-order valence-electron chi connectivity index (χ0n) is 13.6. The van der Waals surface area contributed by atoms with Gasteiger partial charge in [0.05, 0.1) is 5.41 Å². The standard InChI is InChI=1S/C16H21F3N2O3.ClH/c17-16(18,19)24-13-3-1-12(2-4-13)5-8-21-14(22)15(11-20)6-9-23-10-7-15;/h1-4H,5-11,20H2,(H,21,22);1H. The lowest BCUT2D eigenvalue weighted by Crippen LogP contribution is -2.49. The molecule has 5 nitrogen and oxygen atoms in total. The van der Waals surface area contributed by atoms with Gasteiger partial charge in [0.15, 0.2) is 0 Å². The second-order valence-electron chi connectivity index (χ2n) is 5.79. The maximum absolute atomic E-state index is 12.4. The minimum Gasteiger partial charge on any atom is -0.406 e. The minimum absolute atomic E-state index is 0. The van der Waals surface area contributed by atoms with Crippen molar-refractivity contribution < 1.29 is 27.4 Å². The Morgan fingerprint density at radius 2 is 1.84 bits per heavy atom. The zero-order chi connectivity index (χ0) is 17.6. The summed E-state index contributed by atoms with van der Waals surface area (Å²) in [6.45, 7) is 1.70. The van der Waals surface area contributed by atoms with Gasteiger partial charge in [-0.05, 0) is 37.0 Å². The number of rotatable bonds is 6. The van der Waals surface area contributed by atoms with Gasteiger partial charge in [-0.25, -0.2) is 0 Å². The maximum Gasteiger partial charge on any atom is 0.573 e. The van der Waals surface area contributed by atoms with Gasteiger partial charge in [-0.2, -0.15) is 0 Å². The van der Waals surface area contributed by atoms with Crippen molar-refractivity contribution >= 4 is 18.3 Å². The maximum atomic E-state index is 12.4. The Morgan fingerprint density at radius 1 is 1.24 bits per heavy atom. The molecule has 0 unspecified atom stereocenters. The van der Waals surface area contributed by atoms with E-state index in [0.717, 1.165) is 5.56 Å². The monoisotopic (exact) mass is 382 g/mol. The van der Waals surface area contributed by atoms with Gasteiger partial charge < -0.3 is 20.5 Å². The topological polar surface area (TPSA) is 73.6 Å². The molecule has 25 heavy (non-hydrogen) atoms. The van der Waals surface area contributed by atoms with Crippen LogP contribution in [0, 0.1) is 5.41 Å². The molecule has 0 aliphatic carbocycles. The first kappa shape index (κ1) is 21.5. The van der Waals surface area contributed by atoms with Gasteiger partial charge in [-0.15, -0.1) is 25.6 Å². The number of hydrogen-bond acceptors (Lipinski definition) is 4. The smallest absolute Gasteiger partial charge is 0.406 e. The molecule has 1 heterocycles. The first-order chi connectivity index (χ1) is 11.3. The fraction of sp³-hybridized carbons (Fsp3) is 0.562. The second-order valence-corrected chi connectivity index (χ2v) is 5.79. The average molecular weight is 383 g/mol. The molecule has 0 spiro atoms. The van der Waals surface area contributed by atoms with Crippen molar-refractivity contribution in [3.05, 3.63) is 29.8 Å². The van der Waals surface area contributed by atoms with Crippen LogP contribution in [0.5, 0.6) is 5.75 Å². The van der Waals surface area contributed by atoms with Crippen LogP contribution >= 0.6 is 12.4 Å². The molecule has 0 atom stereocenters. The van der Waals surface area contributed by atoms with Gasteiger partial charge in [-0.1, -0.05) is 12.1 Å². The molecule has 0 bridgehead atoms. The van der Waals surface area contributed by atoms with Crippen LogP contribution in [0.15, 0.2) is 24.3 Å². The van der Waals surface area contributed by atoms with Gasteiger partial charge in [0.25, 0.3) is 0 Å². The molecule has 9 heteroatoms. The van der Waals surface area contributed by atoms with E-state index in [4.69, 9.17) is 10.5 Å². The van der Waals surface area contributed by atoms with Crippen LogP contribution in [0.25, 0.3) is 0 Å². The van der Waals surface area contributed by atoms with Crippen molar-refractivity contribution in [2.75, 3.05) is 26.3 Å². The van der Waals surface area contributed by atoms with E-state index in [0.29, 0.717) is 39.0 Å². The Balaban J connectivity index is 0.00000312. The average Bonchev–Trinajstić information content (AvgIpc) is 2.55. The highest BCUT2D eigenvalue weighted by atomic mass is 35.5. The van der Waals surface area contributed by atoms with Gasteiger partial charge in [0, 0.05) is 26.3 Å². The van der Waals surface area contributed by atoms with E-state index >= 15 is 0 Å². The van der Waals surface area contributed by atoms with Crippen LogP contribution in [-0.4, -0.2) is 38.6 Å². The molecule has 1 aromatic carbocycles. The number of benzene rings is 1. The lowest BCUT2D eigenvalue weighted by atomic mass is 9.79.